The van der Waals surface area contributed by atoms with E-state index in [-0.39, 0.29) is 17.5 Å². The van der Waals surface area contributed by atoms with Crippen LogP contribution >= 0.6 is 0 Å². The van der Waals surface area contributed by atoms with Gasteiger partial charge in [-0.15, -0.1) is 5.10 Å². The fraction of sp³-hybridized carbons (Fsp3) is 0.667. The van der Waals surface area contributed by atoms with E-state index in [0.717, 1.165) is 89.4 Å². The van der Waals surface area contributed by atoms with Crippen molar-refractivity contribution in [3.8, 4) is 5.75 Å². The Labute approximate surface area is 193 Å². The summed E-state index contributed by atoms with van der Waals surface area (Å²) < 4.78 is 37.4. The molecule has 4 saturated heterocycles. The van der Waals surface area contributed by atoms with E-state index < -0.39 is 0 Å². The maximum absolute atomic E-state index is 14.1. The van der Waals surface area contributed by atoms with Gasteiger partial charge in [0, 0.05) is 24.4 Å². The van der Waals surface area contributed by atoms with Gasteiger partial charge >= 0.3 is 6.01 Å². The molecule has 9 heteroatoms. The van der Waals surface area contributed by atoms with Crippen LogP contribution in [0.2, 0.25) is 0 Å². The molecule has 6 rings (SSSR count). The summed E-state index contributed by atoms with van der Waals surface area (Å²) in [5.41, 5.74) is 0.929. The Morgan fingerprint density at radius 2 is 1.91 bits per heavy atom. The zero-order valence-electron chi connectivity index (χ0n) is 18.8. The molecule has 0 amide bonds. The van der Waals surface area contributed by atoms with Crippen LogP contribution in [0.4, 0.5) is 10.4 Å². The molecular formula is C24H31FN4O4. The molecule has 4 fully saturated rings. The number of piperidine rings is 1. The lowest BCUT2D eigenvalue weighted by Crippen LogP contribution is -2.62. The smallest absolute Gasteiger partial charge is 0.318 e. The largest absolute Gasteiger partial charge is 0.490 e. The van der Waals surface area contributed by atoms with Crippen molar-refractivity contribution < 1.29 is 23.0 Å². The lowest BCUT2D eigenvalue weighted by molar-refractivity contribution is -0.0216. The normalized spacial score (nSPS) is 26.6. The number of benzene rings is 1. The van der Waals surface area contributed by atoms with Crippen LogP contribution in [-0.2, 0) is 9.47 Å². The first-order valence-electron chi connectivity index (χ1n) is 12.1. The summed E-state index contributed by atoms with van der Waals surface area (Å²) >= 11 is 0. The highest BCUT2D eigenvalue weighted by molar-refractivity contribution is 5.38. The molecule has 1 aromatic carbocycles. The summed E-state index contributed by atoms with van der Waals surface area (Å²) in [6.45, 7) is 5.83. The standard InChI is InChI=1S/C24H31FN4O4/c25-18-1-2-22(33-20-5-9-30-10-6-20)21(11-18)17-3-7-28(8-4-17)19-12-24(32-13-19)14-29(15-24)23-27-26-16-31-23/h1-2,11,16-17,19-20H,3-10,12-15H2/t19-/m0/s1. The second kappa shape index (κ2) is 8.85. The number of aromatic nitrogens is 2. The number of rotatable bonds is 5. The predicted octanol–water partition coefficient (Wildman–Crippen LogP) is 2.99. The van der Waals surface area contributed by atoms with E-state index in [1.54, 1.807) is 6.07 Å². The molecule has 0 radical (unpaired) electrons. The number of hydrogen-bond acceptors (Lipinski definition) is 8. The minimum atomic E-state index is -0.186. The molecule has 2 aromatic rings. The van der Waals surface area contributed by atoms with Crippen molar-refractivity contribution >= 4 is 6.01 Å². The van der Waals surface area contributed by atoms with Crippen LogP contribution in [0.5, 0.6) is 5.75 Å². The Morgan fingerprint density at radius 1 is 1.09 bits per heavy atom. The van der Waals surface area contributed by atoms with Gasteiger partial charge in [0.1, 0.15) is 23.3 Å². The zero-order chi connectivity index (χ0) is 22.3. The molecular weight excluding hydrogens is 427 g/mol. The van der Waals surface area contributed by atoms with Gasteiger partial charge in [-0.3, -0.25) is 4.90 Å². The van der Waals surface area contributed by atoms with Gasteiger partial charge < -0.3 is 23.5 Å². The van der Waals surface area contributed by atoms with Gasteiger partial charge in [-0.2, -0.15) is 0 Å². The van der Waals surface area contributed by atoms with Crippen LogP contribution in [-0.4, -0.2) is 78.8 Å². The second-order valence-corrected chi connectivity index (χ2v) is 9.85. The first kappa shape index (κ1) is 21.3. The number of hydrogen-bond donors (Lipinski definition) is 0. The van der Waals surface area contributed by atoms with Crippen LogP contribution in [0.3, 0.4) is 0 Å². The maximum atomic E-state index is 14.1. The van der Waals surface area contributed by atoms with Crippen molar-refractivity contribution in [1.82, 2.24) is 15.1 Å². The minimum Gasteiger partial charge on any atom is -0.490 e. The summed E-state index contributed by atoms with van der Waals surface area (Å²) in [6, 6.07) is 6.01. The van der Waals surface area contributed by atoms with Gasteiger partial charge in [0.2, 0.25) is 6.39 Å². The van der Waals surface area contributed by atoms with Crippen molar-refractivity contribution in [2.24, 2.45) is 0 Å². The molecule has 33 heavy (non-hydrogen) atoms. The average Bonchev–Trinajstić information content (AvgIpc) is 3.51. The number of likely N-dealkylation sites (tertiary alicyclic amines) is 1. The average molecular weight is 459 g/mol. The molecule has 1 spiro atoms. The molecule has 4 aliphatic heterocycles. The first-order chi connectivity index (χ1) is 16.2. The number of halogens is 1. The molecule has 5 heterocycles. The fourth-order valence-corrected chi connectivity index (χ4v) is 5.86. The molecule has 178 valence electrons. The maximum Gasteiger partial charge on any atom is 0.318 e. The van der Waals surface area contributed by atoms with E-state index in [4.69, 9.17) is 18.6 Å². The highest BCUT2D eigenvalue weighted by Gasteiger charge is 2.52. The van der Waals surface area contributed by atoms with Gasteiger partial charge in [0.25, 0.3) is 0 Å². The Kier molecular flexibility index (Phi) is 5.72. The van der Waals surface area contributed by atoms with Crippen molar-refractivity contribution in [2.75, 3.05) is 50.9 Å². The fourth-order valence-electron chi connectivity index (χ4n) is 5.86. The number of nitrogens with zero attached hydrogens (tertiary/aromatic N) is 4. The highest BCUT2D eigenvalue weighted by Crippen LogP contribution is 2.41. The summed E-state index contributed by atoms with van der Waals surface area (Å²) in [4.78, 5) is 4.63. The van der Waals surface area contributed by atoms with Crippen LogP contribution in [0, 0.1) is 5.82 Å². The molecule has 1 atom stereocenters. The third-order valence-electron chi connectivity index (χ3n) is 7.69. The molecule has 0 saturated carbocycles. The van der Waals surface area contributed by atoms with Crippen molar-refractivity contribution in [1.29, 1.82) is 0 Å². The minimum absolute atomic E-state index is 0.0940. The van der Waals surface area contributed by atoms with E-state index >= 15 is 0 Å². The van der Waals surface area contributed by atoms with Crippen molar-refractivity contribution in [3.63, 3.8) is 0 Å². The first-order valence-corrected chi connectivity index (χ1v) is 12.1. The van der Waals surface area contributed by atoms with Gasteiger partial charge in [-0.1, -0.05) is 5.10 Å². The van der Waals surface area contributed by atoms with Crippen LogP contribution in [0.1, 0.15) is 43.6 Å². The van der Waals surface area contributed by atoms with E-state index in [1.165, 1.54) is 12.5 Å². The zero-order valence-corrected chi connectivity index (χ0v) is 18.8. The number of anilines is 1. The van der Waals surface area contributed by atoms with Crippen LogP contribution < -0.4 is 9.64 Å². The molecule has 4 aliphatic rings. The summed E-state index contributed by atoms with van der Waals surface area (Å²) in [7, 11) is 0. The molecule has 0 N–H and O–H groups in total. The Balaban J connectivity index is 1.05. The Hall–Kier alpha value is -2.23. The van der Waals surface area contributed by atoms with Gasteiger partial charge in [0.05, 0.1) is 32.9 Å². The lowest BCUT2D eigenvalue weighted by atomic mass is 9.86. The van der Waals surface area contributed by atoms with Crippen LogP contribution in [0.15, 0.2) is 29.0 Å². The summed E-state index contributed by atoms with van der Waals surface area (Å²) in [6.07, 6.45) is 6.34. The van der Waals surface area contributed by atoms with Gasteiger partial charge in [0.15, 0.2) is 0 Å². The third-order valence-corrected chi connectivity index (χ3v) is 7.69. The van der Waals surface area contributed by atoms with Crippen LogP contribution in [0.25, 0.3) is 0 Å². The van der Waals surface area contributed by atoms with E-state index in [2.05, 4.69) is 20.0 Å². The van der Waals surface area contributed by atoms with E-state index in [0.29, 0.717) is 18.0 Å². The predicted molar refractivity (Wildman–Crippen MR) is 118 cm³/mol. The molecule has 1 aromatic heterocycles. The van der Waals surface area contributed by atoms with Crippen molar-refractivity contribution in [2.45, 2.75) is 55.8 Å². The lowest BCUT2D eigenvalue weighted by Gasteiger charge is -2.46. The molecule has 0 bridgehead atoms. The van der Waals surface area contributed by atoms with Gasteiger partial charge in [-0.05, 0) is 56.5 Å². The van der Waals surface area contributed by atoms with Gasteiger partial charge in [-0.25, -0.2) is 4.39 Å². The van der Waals surface area contributed by atoms with Crippen molar-refractivity contribution in [3.05, 3.63) is 36.0 Å². The molecule has 0 unspecified atom stereocenters. The topological polar surface area (TPSA) is 73.1 Å². The Bertz CT molecular complexity index is 938. The SMILES string of the molecule is Fc1ccc(OC2CCOCC2)c(C2CCN([C@@H]3COC4(C3)CN(c3nnco3)C4)CC2)c1. The monoisotopic (exact) mass is 458 g/mol. The third kappa shape index (κ3) is 4.34. The van der Waals surface area contributed by atoms with E-state index in [9.17, 15) is 4.39 Å². The molecule has 8 nitrogen and oxygen atoms in total. The second-order valence-electron chi connectivity index (χ2n) is 9.85. The quantitative estimate of drug-likeness (QED) is 0.677. The summed E-state index contributed by atoms with van der Waals surface area (Å²) in [5, 5.41) is 7.75. The van der Waals surface area contributed by atoms with E-state index in [1.807, 2.05) is 6.07 Å². The molecule has 0 aliphatic carbocycles. The Morgan fingerprint density at radius 3 is 2.67 bits per heavy atom. The highest BCUT2D eigenvalue weighted by atomic mass is 19.1. The number of ether oxygens (including phenoxy) is 3. The summed E-state index contributed by atoms with van der Waals surface area (Å²) in [5.74, 6) is 0.981.